The third-order valence-electron chi connectivity index (χ3n) is 3.75. The van der Waals surface area contributed by atoms with Crippen molar-refractivity contribution in [2.75, 3.05) is 13.2 Å². The van der Waals surface area contributed by atoms with E-state index in [4.69, 9.17) is 15.8 Å². The van der Waals surface area contributed by atoms with Crippen molar-refractivity contribution in [2.45, 2.75) is 38.3 Å². The molecule has 2 heterocycles. The molecule has 1 fully saturated rings. The van der Waals surface area contributed by atoms with Gasteiger partial charge in [-0.3, -0.25) is 13.9 Å². The van der Waals surface area contributed by atoms with Crippen LogP contribution in [0.4, 0.5) is 0 Å². The van der Waals surface area contributed by atoms with Crippen LogP contribution >= 0.6 is 0 Å². The van der Waals surface area contributed by atoms with Crippen LogP contribution in [0.3, 0.4) is 0 Å². The minimum atomic E-state index is -0.768. The smallest absolute Gasteiger partial charge is 0.333 e. The zero-order chi connectivity index (χ0) is 17.7. The fourth-order valence-electron chi connectivity index (χ4n) is 2.59. The number of rotatable bonds is 6. The Kier molecular flexibility index (Phi) is 5.61. The zero-order valence-corrected chi connectivity index (χ0v) is 12.9. The summed E-state index contributed by atoms with van der Waals surface area (Å²) in [6.07, 6.45) is 0.0759. The molecule has 1 aromatic heterocycles. The average molecular weight is 336 g/mol. The molecule has 1 N–H and O–H groups in total. The van der Waals surface area contributed by atoms with Gasteiger partial charge in [-0.1, -0.05) is 10.2 Å². The van der Waals surface area contributed by atoms with Gasteiger partial charge in [0, 0.05) is 41.1 Å². The van der Waals surface area contributed by atoms with Crippen molar-refractivity contribution in [1.29, 1.82) is 0 Å². The molecule has 2 rings (SSSR count). The summed E-state index contributed by atoms with van der Waals surface area (Å²) >= 11 is 0. The van der Waals surface area contributed by atoms with Gasteiger partial charge in [-0.15, -0.1) is 0 Å². The van der Waals surface area contributed by atoms with Crippen LogP contribution in [0.15, 0.2) is 26.0 Å². The van der Waals surface area contributed by atoms with E-state index in [1.54, 1.807) is 6.92 Å². The van der Waals surface area contributed by atoms with Crippen molar-refractivity contribution in [3.05, 3.63) is 53.5 Å². The number of aryl methyl sites for hydroxylation is 1. The fraction of sp³-hybridized carbons (Fsp3) is 0.667. The minimum absolute atomic E-state index is 0.0404. The second-order valence-electron chi connectivity index (χ2n) is 5.23. The van der Waals surface area contributed by atoms with Gasteiger partial charge in [-0.25, -0.2) is 4.79 Å². The number of hydrogen-bond acceptors (Lipinski definition) is 6. The van der Waals surface area contributed by atoms with Crippen LogP contribution in [0.2, 0.25) is 0 Å². The molecule has 12 nitrogen and oxygen atoms in total. The molecule has 0 radical (unpaired) electrons. The van der Waals surface area contributed by atoms with Gasteiger partial charge >= 0.3 is 5.69 Å². The molecule has 3 atom stereocenters. The monoisotopic (exact) mass is 336 g/mol. The quantitative estimate of drug-likeness (QED) is 0.455. The molecule has 12 heteroatoms. The predicted molar refractivity (Wildman–Crippen MR) is 82.3 cm³/mol. The Morgan fingerprint density at radius 1 is 1.42 bits per heavy atom. The Morgan fingerprint density at radius 3 is 2.79 bits per heavy atom. The lowest BCUT2D eigenvalue weighted by Gasteiger charge is -2.17. The SMILES string of the molecule is Cc1cn([C@H]2C[C@H](N=[N+]=[N-])[C@@H](CO)O2)c(=O)n(CCN=[N+]=[N-])c1=O. The summed E-state index contributed by atoms with van der Waals surface area (Å²) in [6.45, 7) is 1.09. The number of aliphatic hydroxyl groups is 1. The van der Waals surface area contributed by atoms with Gasteiger partial charge < -0.3 is 9.84 Å². The highest BCUT2D eigenvalue weighted by Crippen LogP contribution is 2.29. The Bertz CT molecular complexity index is 817. The van der Waals surface area contributed by atoms with Crippen LogP contribution in [0.5, 0.6) is 0 Å². The predicted octanol–water partition coefficient (Wildman–Crippen LogP) is 0.587. The van der Waals surface area contributed by atoms with Crippen molar-refractivity contribution < 1.29 is 9.84 Å². The lowest BCUT2D eigenvalue weighted by atomic mass is 10.1. The van der Waals surface area contributed by atoms with E-state index in [9.17, 15) is 14.7 Å². The van der Waals surface area contributed by atoms with E-state index in [2.05, 4.69) is 20.1 Å². The number of aromatic nitrogens is 2. The van der Waals surface area contributed by atoms with Gasteiger partial charge in [-0.05, 0) is 18.0 Å². The molecule has 1 aromatic rings. The second-order valence-corrected chi connectivity index (χ2v) is 5.23. The van der Waals surface area contributed by atoms with Crippen LogP contribution in [0.1, 0.15) is 18.2 Å². The van der Waals surface area contributed by atoms with Gasteiger partial charge in [0.15, 0.2) is 0 Å². The molecule has 1 aliphatic rings. The maximum absolute atomic E-state index is 12.5. The van der Waals surface area contributed by atoms with E-state index in [1.165, 1.54) is 10.8 Å². The van der Waals surface area contributed by atoms with Crippen LogP contribution in [0, 0.1) is 6.92 Å². The number of aliphatic hydroxyl groups excluding tert-OH is 1. The maximum atomic E-state index is 12.5. The first kappa shape index (κ1) is 17.6. The molecule has 24 heavy (non-hydrogen) atoms. The summed E-state index contributed by atoms with van der Waals surface area (Å²) < 4.78 is 7.75. The minimum Gasteiger partial charge on any atom is -0.394 e. The van der Waals surface area contributed by atoms with Gasteiger partial charge in [0.2, 0.25) is 0 Å². The van der Waals surface area contributed by atoms with Crippen molar-refractivity contribution in [1.82, 2.24) is 9.13 Å². The summed E-state index contributed by atoms with van der Waals surface area (Å²) in [7, 11) is 0. The average Bonchev–Trinajstić information content (AvgIpc) is 2.97. The first-order valence-electron chi connectivity index (χ1n) is 7.17. The third-order valence-corrected chi connectivity index (χ3v) is 3.75. The normalized spacial score (nSPS) is 22.7. The molecule has 0 amide bonds. The van der Waals surface area contributed by atoms with Crippen LogP contribution in [-0.4, -0.2) is 39.5 Å². The van der Waals surface area contributed by atoms with Gasteiger partial charge in [0.25, 0.3) is 5.56 Å². The van der Waals surface area contributed by atoms with Crippen LogP contribution < -0.4 is 11.2 Å². The first-order chi connectivity index (χ1) is 11.5. The molecule has 0 aliphatic carbocycles. The number of azide groups is 2. The Hall–Kier alpha value is -2.78. The van der Waals surface area contributed by atoms with Gasteiger partial charge in [-0.2, -0.15) is 0 Å². The summed E-state index contributed by atoms with van der Waals surface area (Å²) in [5.74, 6) is 0. The van der Waals surface area contributed by atoms with Crippen LogP contribution in [-0.2, 0) is 11.3 Å². The molecular weight excluding hydrogens is 320 g/mol. The summed E-state index contributed by atoms with van der Waals surface area (Å²) in [5, 5.41) is 16.2. The Balaban J connectivity index is 2.41. The topological polar surface area (TPSA) is 171 Å². The van der Waals surface area contributed by atoms with Gasteiger partial charge in [0.1, 0.15) is 6.23 Å². The lowest BCUT2D eigenvalue weighted by Crippen LogP contribution is -2.42. The molecule has 0 spiro atoms. The summed E-state index contributed by atoms with van der Waals surface area (Å²) in [6, 6.07) is -0.610. The summed E-state index contributed by atoms with van der Waals surface area (Å²) in [5.41, 5.74) is 16.1. The molecule has 128 valence electrons. The van der Waals surface area contributed by atoms with Crippen molar-refractivity contribution in [3.8, 4) is 0 Å². The maximum Gasteiger partial charge on any atom is 0.333 e. The Labute approximate surface area is 135 Å². The zero-order valence-electron chi connectivity index (χ0n) is 12.9. The second kappa shape index (κ2) is 7.66. The van der Waals surface area contributed by atoms with Crippen molar-refractivity contribution in [3.63, 3.8) is 0 Å². The standard InChI is InChI=1S/C12H16N8O4/c1-7-5-20(10-4-8(16-18-14)9(6-21)24-10)12(23)19(11(7)22)3-2-15-17-13/h5,8-10,21H,2-4,6H2,1H3/t8-,9+,10+/m0/s1. The van der Waals surface area contributed by atoms with Crippen LogP contribution in [0.25, 0.3) is 20.9 Å². The van der Waals surface area contributed by atoms with E-state index in [0.717, 1.165) is 4.57 Å². The molecule has 0 aromatic carbocycles. The van der Waals surface area contributed by atoms with Gasteiger partial charge in [0.05, 0.1) is 18.8 Å². The van der Waals surface area contributed by atoms with E-state index >= 15 is 0 Å². The molecule has 0 unspecified atom stereocenters. The van der Waals surface area contributed by atoms with Crippen molar-refractivity contribution >= 4 is 0 Å². The number of hydrogen-bond donors (Lipinski definition) is 1. The van der Waals surface area contributed by atoms with Crippen molar-refractivity contribution in [2.24, 2.45) is 10.2 Å². The first-order valence-corrected chi connectivity index (χ1v) is 7.17. The Morgan fingerprint density at radius 2 is 2.17 bits per heavy atom. The molecule has 0 saturated carbocycles. The fourth-order valence-corrected chi connectivity index (χ4v) is 2.59. The molecular formula is C12H16N8O4. The van der Waals surface area contributed by atoms with E-state index in [1.807, 2.05) is 0 Å². The number of nitrogens with zero attached hydrogens (tertiary/aromatic N) is 8. The van der Waals surface area contributed by atoms with E-state index < -0.39 is 29.6 Å². The highest BCUT2D eigenvalue weighted by molar-refractivity contribution is 5.04. The van der Waals surface area contributed by atoms with E-state index in [0.29, 0.717) is 5.56 Å². The number of ether oxygens (including phenoxy) is 1. The highest BCUT2D eigenvalue weighted by atomic mass is 16.5. The third kappa shape index (κ3) is 3.42. The molecule has 1 aliphatic heterocycles. The highest BCUT2D eigenvalue weighted by Gasteiger charge is 2.36. The van der Waals surface area contributed by atoms with E-state index in [-0.39, 0.29) is 26.1 Å². The molecule has 0 bridgehead atoms. The largest absolute Gasteiger partial charge is 0.394 e. The molecule has 1 saturated heterocycles. The lowest BCUT2D eigenvalue weighted by molar-refractivity contribution is -0.0277. The summed E-state index contributed by atoms with van der Waals surface area (Å²) in [4.78, 5) is 29.9.